The van der Waals surface area contributed by atoms with Crippen molar-refractivity contribution in [3.05, 3.63) is 47.0 Å². The van der Waals surface area contributed by atoms with Gasteiger partial charge in [0.2, 0.25) is 0 Å². The molecule has 1 aromatic carbocycles. The highest BCUT2D eigenvalue weighted by Gasteiger charge is 2.81. The highest BCUT2D eigenvalue weighted by atomic mass is 32.2. The van der Waals surface area contributed by atoms with Crippen LogP contribution in [-0.2, 0) is 42.8 Å². The molecule has 6 rings (SSSR count). The number of hydrogen-bond donors (Lipinski definition) is 1. The van der Waals surface area contributed by atoms with Gasteiger partial charge in [-0.2, -0.15) is 0 Å². The number of benzene rings is 1. The predicted molar refractivity (Wildman–Crippen MR) is 170 cm³/mol. The first-order chi connectivity index (χ1) is 22.6. The van der Waals surface area contributed by atoms with Crippen LogP contribution in [0.3, 0.4) is 0 Å². The molecule has 2 bridgehead atoms. The minimum Gasteiger partial charge on any atom is -0.458 e. The van der Waals surface area contributed by atoms with Gasteiger partial charge in [-0.3, -0.25) is 14.4 Å². The van der Waals surface area contributed by atoms with Gasteiger partial charge in [-0.15, -0.1) is 0 Å². The summed E-state index contributed by atoms with van der Waals surface area (Å²) in [7, 11) is 1.38. The van der Waals surface area contributed by atoms with E-state index < -0.39 is 93.4 Å². The van der Waals surface area contributed by atoms with Gasteiger partial charge in [-0.05, 0) is 48.9 Å². The molecule has 2 aliphatic heterocycles. The fraction of sp³-hybridized carbons (Fsp3) is 0.629. The van der Waals surface area contributed by atoms with E-state index in [4.69, 9.17) is 28.4 Å². The molecule has 12 nitrogen and oxygen atoms in total. The molecular weight excluding hydrogens is 644 g/mol. The number of carbonyl (C=O) groups excluding carboxylic acids is 5. The zero-order valence-corrected chi connectivity index (χ0v) is 28.9. The highest BCUT2D eigenvalue weighted by Crippen LogP contribution is 2.70. The van der Waals surface area contributed by atoms with Crippen LogP contribution in [0, 0.1) is 22.2 Å². The molecule has 2 saturated carbocycles. The number of rotatable bonds is 6. The predicted octanol–water partition coefficient (Wildman–Crippen LogP) is 3.81. The number of ketones is 1. The number of aliphatic hydroxyl groups excluding tert-OH is 1. The molecule has 10 atom stereocenters. The Labute approximate surface area is 283 Å². The maximum Gasteiger partial charge on any atom is 0.367 e. The van der Waals surface area contributed by atoms with Crippen molar-refractivity contribution in [2.75, 3.05) is 19.5 Å². The van der Waals surface area contributed by atoms with Crippen LogP contribution in [0.2, 0.25) is 0 Å². The molecule has 1 spiro atoms. The van der Waals surface area contributed by atoms with E-state index in [9.17, 15) is 24.3 Å². The number of ether oxygens (including phenoxy) is 6. The van der Waals surface area contributed by atoms with E-state index in [1.165, 1.54) is 14.0 Å². The summed E-state index contributed by atoms with van der Waals surface area (Å²) in [5.74, 6) is -3.42. The van der Waals surface area contributed by atoms with Gasteiger partial charge in [-0.1, -0.05) is 39.0 Å². The summed E-state index contributed by atoms with van der Waals surface area (Å²) in [6, 6.07) is 8.23. The largest absolute Gasteiger partial charge is 0.458 e. The van der Waals surface area contributed by atoms with E-state index >= 15 is 4.79 Å². The average Bonchev–Trinajstić information content (AvgIpc) is 3.40. The third-order valence-electron chi connectivity index (χ3n) is 11.7. The van der Waals surface area contributed by atoms with E-state index in [0.29, 0.717) is 16.9 Å². The fourth-order valence-electron chi connectivity index (χ4n) is 9.52. The van der Waals surface area contributed by atoms with Gasteiger partial charge in [-0.25, -0.2) is 9.59 Å². The fourth-order valence-corrected chi connectivity index (χ4v) is 9.94. The summed E-state index contributed by atoms with van der Waals surface area (Å²) in [4.78, 5) is 69.2. The summed E-state index contributed by atoms with van der Waals surface area (Å²) in [5.41, 5.74) is -5.01. The summed E-state index contributed by atoms with van der Waals surface area (Å²) in [5, 5.41) is 11.3. The molecule has 1 aromatic rings. The van der Waals surface area contributed by atoms with Gasteiger partial charge < -0.3 is 33.5 Å². The minimum atomic E-state index is -1.74. The van der Waals surface area contributed by atoms with Gasteiger partial charge in [0.1, 0.15) is 36.6 Å². The Morgan fingerprint density at radius 2 is 1.77 bits per heavy atom. The number of aliphatic hydroxyl groups is 1. The SMILES string of the molecule is CCSC(=O)O[C@H]1C[C@H]2OC[C@@]2(OC(C)=O)[C@H]2[C@H](OC(=O)c3ccccc3)[C@]34CC(=O)O[C@H]3[C@H](O)C(C)=C([C@@H](OC)C(=O)[C@]12C)C4(C)C. The third kappa shape index (κ3) is 4.64. The number of methoxy groups -OCH3 is 1. The summed E-state index contributed by atoms with van der Waals surface area (Å²) >= 11 is 0.928. The van der Waals surface area contributed by atoms with E-state index in [1.54, 1.807) is 51.1 Å². The molecule has 0 radical (unpaired) electrons. The number of Topliss-reactive ketones (excluding diaryl/α,β-unsaturated/α-hetero) is 1. The maximum absolute atomic E-state index is 15.4. The molecule has 0 unspecified atom stereocenters. The van der Waals surface area contributed by atoms with Crippen LogP contribution < -0.4 is 0 Å². The smallest absolute Gasteiger partial charge is 0.367 e. The van der Waals surface area contributed by atoms with Crippen molar-refractivity contribution >= 4 is 40.8 Å². The second-order valence-corrected chi connectivity index (χ2v) is 15.3. The quantitative estimate of drug-likeness (QED) is 0.262. The normalized spacial score (nSPS) is 39.4. The highest BCUT2D eigenvalue weighted by molar-refractivity contribution is 8.13. The molecule has 3 aliphatic carbocycles. The van der Waals surface area contributed by atoms with E-state index in [-0.39, 0.29) is 25.0 Å². The van der Waals surface area contributed by atoms with Crippen LogP contribution >= 0.6 is 11.8 Å². The molecule has 4 fully saturated rings. The Morgan fingerprint density at radius 1 is 1.08 bits per heavy atom. The van der Waals surface area contributed by atoms with Crippen molar-refractivity contribution < 1.29 is 57.5 Å². The Morgan fingerprint density at radius 3 is 2.35 bits per heavy atom. The number of fused-ring (bicyclic) bond motifs is 4. The Bertz CT molecular complexity index is 1570. The number of carbonyl (C=O) groups is 5. The van der Waals surface area contributed by atoms with Crippen LogP contribution in [0.4, 0.5) is 4.79 Å². The van der Waals surface area contributed by atoms with Gasteiger partial charge in [0.15, 0.2) is 11.4 Å². The monoisotopic (exact) mass is 686 g/mol. The van der Waals surface area contributed by atoms with Gasteiger partial charge >= 0.3 is 23.2 Å². The average molecular weight is 687 g/mol. The van der Waals surface area contributed by atoms with Crippen molar-refractivity contribution in [2.45, 2.75) is 96.6 Å². The molecular formula is C35H42O12S. The van der Waals surface area contributed by atoms with Gasteiger partial charge in [0.05, 0.1) is 35.3 Å². The number of esters is 3. The maximum atomic E-state index is 15.4. The summed E-state index contributed by atoms with van der Waals surface area (Å²) < 4.78 is 36.8. The number of hydrogen-bond acceptors (Lipinski definition) is 13. The lowest BCUT2D eigenvalue weighted by Crippen LogP contribution is -2.81. The lowest BCUT2D eigenvalue weighted by molar-refractivity contribution is -0.342. The second-order valence-electron chi connectivity index (χ2n) is 14.1. The standard InChI is InChI=1S/C35H42O12S/c1-8-48-31(41)44-20-14-21-35(16-43-21,47-18(3)36)26-29(46-30(40)19-12-10-9-11-13-19)34-15-22(37)45-28(34)24(38)17(2)23(32(34,4)5)25(42-7)27(39)33(20,26)6/h9-13,20-21,24-26,28-29,38H,8,14-16H2,1-7H3/t20-,21+,24+,25+,26-,28-,29-,33+,34-,35-/m0/s1. The Hall–Kier alpha value is -3.26. The minimum absolute atomic E-state index is 0.00622. The van der Waals surface area contributed by atoms with E-state index in [1.807, 2.05) is 13.8 Å². The molecule has 1 N–H and O–H groups in total. The first-order valence-corrected chi connectivity index (χ1v) is 17.2. The zero-order chi connectivity index (χ0) is 35.0. The first-order valence-electron chi connectivity index (χ1n) is 16.2. The van der Waals surface area contributed by atoms with E-state index in [0.717, 1.165) is 11.8 Å². The molecule has 260 valence electrons. The van der Waals surface area contributed by atoms with Gasteiger partial charge in [0, 0.05) is 31.6 Å². The van der Waals surface area contributed by atoms with Crippen molar-refractivity contribution in [3.63, 3.8) is 0 Å². The summed E-state index contributed by atoms with van der Waals surface area (Å²) in [6.07, 6.45) is -7.64. The zero-order valence-electron chi connectivity index (χ0n) is 28.1. The Balaban J connectivity index is 1.71. The third-order valence-corrected chi connectivity index (χ3v) is 12.3. The Kier molecular flexibility index (Phi) is 8.62. The molecule has 5 aliphatic rings. The van der Waals surface area contributed by atoms with Crippen LogP contribution in [0.1, 0.15) is 64.7 Å². The molecule has 2 heterocycles. The van der Waals surface area contributed by atoms with Crippen LogP contribution in [0.25, 0.3) is 0 Å². The van der Waals surface area contributed by atoms with Crippen molar-refractivity contribution in [1.29, 1.82) is 0 Å². The second kappa shape index (κ2) is 12.0. The van der Waals surface area contributed by atoms with Crippen molar-refractivity contribution in [1.82, 2.24) is 0 Å². The lowest BCUT2D eigenvalue weighted by Gasteiger charge is -2.68. The molecule has 2 saturated heterocycles. The van der Waals surface area contributed by atoms with Crippen LogP contribution in [0.5, 0.6) is 0 Å². The van der Waals surface area contributed by atoms with Gasteiger partial charge in [0.25, 0.3) is 0 Å². The molecule has 13 heteroatoms. The molecule has 48 heavy (non-hydrogen) atoms. The van der Waals surface area contributed by atoms with Crippen molar-refractivity contribution in [3.8, 4) is 0 Å². The van der Waals surface area contributed by atoms with Crippen LogP contribution in [-0.4, -0.2) is 95.8 Å². The lowest BCUT2D eigenvalue weighted by atomic mass is 9.40. The van der Waals surface area contributed by atoms with E-state index in [2.05, 4.69) is 0 Å². The molecule has 0 aromatic heterocycles. The topological polar surface area (TPSA) is 161 Å². The molecule has 0 amide bonds. The first kappa shape index (κ1) is 34.6. The summed E-state index contributed by atoms with van der Waals surface area (Å²) in [6.45, 7) is 9.79. The van der Waals surface area contributed by atoms with Crippen molar-refractivity contribution in [2.24, 2.45) is 22.2 Å². The number of thioether (sulfide) groups is 1. The van der Waals surface area contributed by atoms with Crippen LogP contribution in [0.15, 0.2) is 41.5 Å².